The van der Waals surface area contributed by atoms with Gasteiger partial charge in [-0.3, -0.25) is 0 Å². The SMILES string of the molecule is CC[C@@H](NC(=S)Nc1ccc(Br)cc1F)c1ccccc1. The molecule has 2 rings (SSSR count). The smallest absolute Gasteiger partial charge is 0.171 e. The Morgan fingerprint density at radius 3 is 2.57 bits per heavy atom. The molecule has 0 fully saturated rings. The molecule has 2 N–H and O–H groups in total. The predicted molar refractivity (Wildman–Crippen MR) is 92.9 cm³/mol. The second kappa shape index (κ2) is 7.52. The lowest BCUT2D eigenvalue weighted by Crippen LogP contribution is -2.32. The van der Waals surface area contributed by atoms with E-state index in [9.17, 15) is 4.39 Å². The number of anilines is 1. The van der Waals surface area contributed by atoms with Gasteiger partial charge in [0.05, 0.1) is 11.7 Å². The molecular weight excluding hydrogens is 351 g/mol. The fourth-order valence-electron chi connectivity index (χ4n) is 2.01. The molecule has 0 aromatic heterocycles. The molecule has 2 aromatic carbocycles. The first-order valence-electron chi connectivity index (χ1n) is 6.67. The van der Waals surface area contributed by atoms with Crippen molar-refractivity contribution < 1.29 is 4.39 Å². The maximum Gasteiger partial charge on any atom is 0.171 e. The Kier molecular flexibility index (Phi) is 5.70. The average Bonchev–Trinajstić information content (AvgIpc) is 2.48. The molecule has 0 heterocycles. The molecule has 1 atom stereocenters. The summed E-state index contributed by atoms with van der Waals surface area (Å²) >= 11 is 8.50. The lowest BCUT2D eigenvalue weighted by atomic mass is 10.1. The van der Waals surface area contributed by atoms with Crippen molar-refractivity contribution in [3.8, 4) is 0 Å². The first-order valence-corrected chi connectivity index (χ1v) is 7.87. The molecule has 0 aliphatic heterocycles. The molecule has 0 saturated carbocycles. The minimum Gasteiger partial charge on any atom is -0.356 e. The average molecular weight is 367 g/mol. The highest BCUT2D eigenvalue weighted by Gasteiger charge is 2.11. The van der Waals surface area contributed by atoms with Crippen molar-refractivity contribution in [2.75, 3.05) is 5.32 Å². The van der Waals surface area contributed by atoms with E-state index in [1.807, 2.05) is 30.3 Å². The van der Waals surface area contributed by atoms with E-state index < -0.39 is 0 Å². The molecule has 0 unspecified atom stereocenters. The van der Waals surface area contributed by atoms with Crippen molar-refractivity contribution in [2.24, 2.45) is 0 Å². The highest BCUT2D eigenvalue weighted by molar-refractivity contribution is 9.10. The monoisotopic (exact) mass is 366 g/mol. The maximum atomic E-state index is 13.8. The van der Waals surface area contributed by atoms with Crippen LogP contribution in [-0.4, -0.2) is 5.11 Å². The van der Waals surface area contributed by atoms with Crippen LogP contribution < -0.4 is 10.6 Å². The zero-order valence-corrected chi connectivity index (χ0v) is 14.0. The van der Waals surface area contributed by atoms with Crippen molar-refractivity contribution in [1.82, 2.24) is 5.32 Å². The Labute approximate surface area is 137 Å². The van der Waals surface area contributed by atoms with Crippen LogP contribution in [0, 0.1) is 5.82 Å². The Morgan fingerprint density at radius 2 is 1.95 bits per heavy atom. The van der Waals surface area contributed by atoms with Crippen LogP contribution in [0.5, 0.6) is 0 Å². The van der Waals surface area contributed by atoms with E-state index in [1.165, 1.54) is 6.07 Å². The van der Waals surface area contributed by atoms with Crippen LogP contribution in [0.15, 0.2) is 53.0 Å². The van der Waals surface area contributed by atoms with Crippen molar-refractivity contribution in [1.29, 1.82) is 0 Å². The summed E-state index contributed by atoms with van der Waals surface area (Å²) in [7, 11) is 0. The number of benzene rings is 2. The second-order valence-electron chi connectivity index (χ2n) is 4.59. The molecule has 110 valence electrons. The molecule has 0 saturated heterocycles. The summed E-state index contributed by atoms with van der Waals surface area (Å²) in [6.45, 7) is 2.08. The van der Waals surface area contributed by atoms with Crippen molar-refractivity contribution in [3.63, 3.8) is 0 Å². The largest absolute Gasteiger partial charge is 0.356 e. The number of thiocarbonyl (C=S) groups is 1. The topological polar surface area (TPSA) is 24.1 Å². The van der Waals surface area contributed by atoms with E-state index in [-0.39, 0.29) is 11.9 Å². The molecule has 2 nitrogen and oxygen atoms in total. The van der Waals surface area contributed by atoms with E-state index in [4.69, 9.17) is 12.2 Å². The third kappa shape index (κ3) is 4.51. The fraction of sp³-hybridized carbons (Fsp3) is 0.188. The van der Waals surface area contributed by atoms with Gasteiger partial charge in [0.2, 0.25) is 0 Å². The van der Waals surface area contributed by atoms with E-state index in [2.05, 4.69) is 33.5 Å². The second-order valence-corrected chi connectivity index (χ2v) is 5.92. The summed E-state index contributed by atoms with van der Waals surface area (Å²) in [4.78, 5) is 0. The van der Waals surface area contributed by atoms with E-state index in [0.29, 0.717) is 15.3 Å². The van der Waals surface area contributed by atoms with Gasteiger partial charge in [0, 0.05) is 4.47 Å². The van der Waals surface area contributed by atoms with Gasteiger partial charge in [-0.1, -0.05) is 53.2 Å². The number of nitrogens with one attached hydrogen (secondary N) is 2. The first kappa shape index (κ1) is 15.9. The summed E-state index contributed by atoms with van der Waals surface area (Å²) in [5, 5.41) is 6.52. The van der Waals surface area contributed by atoms with E-state index in [1.54, 1.807) is 12.1 Å². The minimum absolute atomic E-state index is 0.102. The Hall–Kier alpha value is -1.46. The van der Waals surface area contributed by atoms with Crippen LogP contribution in [0.2, 0.25) is 0 Å². The van der Waals surface area contributed by atoms with Crippen LogP contribution >= 0.6 is 28.1 Å². The van der Waals surface area contributed by atoms with Gasteiger partial charge in [0.15, 0.2) is 5.11 Å². The van der Waals surface area contributed by atoms with Gasteiger partial charge in [-0.25, -0.2) is 4.39 Å². The van der Waals surface area contributed by atoms with Crippen LogP contribution in [0.1, 0.15) is 24.9 Å². The molecule has 0 aliphatic rings. The summed E-state index contributed by atoms with van der Waals surface area (Å²) in [6, 6.07) is 15.0. The summed E-state index contributed by atoms with van der Waals surface area (Å²) in [5.74, 6) is -0.346. The normalized spacial score (nSPS) is 11.8. The summed E-state index contributed by atoms with van der Waals surface area (Å²) < 4.78 is 14.5. The number of halogens is 2. The van der Waals surface area contributed by atoms with Gasteiger partial charge in [-0.15, -0.1) is 0 Å². The third-order valence-corrected chi connectivity index (χ3v) is 3.81. The van der Waals surface area contributed by atoms with Gasteiger partial charge in [0.25, 0.3) is 0 Å². The predicted octanol–water partition coefficient (Wildman–Crippen LogP) is 5.03. The molecule has 0 spiro atoms. The van der Waals surface area contributed by atoms with Crippen LogP contribution in [0.3, 0.4) is 0 Å². The van der Waals surface area contributed by atoms with Crippen LogP contribution in [0.25, 0.3) is 0 Å². The van der Waals surface area contributed by atoms with E-state index >= 15 is 0 Å². The molecule has 21 heavy (non-hydrogen) atoms. The number of hydrogen-bond donors (Lipinski definition) is 2. The van der Waals surface area contributed by atoms with Crippen LogP contribution in [0.4, 0.5) is 10.1 Å². The fourth-order valence-corrected chi connectivity index (χ4v) is 2.60. The van der Waals surface area contributed by atoms with Gasteiger partial charge in [0.1, 0.15) is 5.82 Å². The molecular formula is C16H16BrFN2S. The Bertz CT molecular complexity index is 619. The van der Waals surface area contributed by atoms with E-state index in [0.717, 1.165) is 12.0 Å². The van der Waals surface area contributed by atoms with Crippen molar-refractivity contribution >= 4 is 38.9 Å². The highest BCUT2D eigenvalue weighted by atomic mass is 79.9. The standard InChI is InChI=1S/C16H16BrFN2S/c1-2-14(11-6-4-3-5-7-11)19-16(21)20-15-9-8-12(17)10-13(15)18/h3-10,14H,2H2,1H3,(H2,19,20,21)/t14-/m1/s1. The molecule has 2 aromatic rings. The van der Waals surface area contributed by atoms with Crippen LogP contribution in [-0.2, 0) is 0 Å². The minimum atomic E-state index is -0.346. The van der Waals surface area contributed by atoms with Gasteiger partial charge in [-0.2, -0.15) is 0 Å². The molecule has 0 aliphatic carbocycles. The zero-order valence-electron chi connectivity index (χ0n) is 11.6. The highest BCUT2D eigenvalue weighted by Crippen LogP contribution is 2.20. The maximum absolute atomic E-state index is 13.8. The van der Waals surface area contributed by atoms with Gasteiger partial charge >= 0.3 is 0 Å². The third-order valence-electron chi connectivity index (χ3n) is 3.09. The molecule has 0 radical (unpaired) electrons. The number of rotatable bonds is 4. The lowest BCUT2D eigenvalue weighted by molar-refractivity contribution is 0.623. The number of hydrogen-bond acceptors (Lipinski definition) is 1. The Morgan fingerprint density at radius 1 is 1.24 bits per heavy atom. The van der Waals surface area contributed by atoms with Gasteiger partial charge in [-0.05, 0) is 42.4 Å². The summed E-state index contributed by atoms with van der Waals surface area (Å²) in [6.07, 6.45) is 0.884. The van der Waals surface area contributed by atoms with Gasteiger partial charge < -0.3 is 10.6 Å². The summed E-state index contributed by atoms with van der Waals surface area (Å²) in [5.41, 5.74) is 1.51. The molecule has 0 bridgehead atoms. The lowest BCUT2D eigenvalue weighted by Gasteiger charge is -2.20. The quantitative estimate of drug-likeness (QED) is 0.742. The first-order chi connectivity index (χ1) is 10.1. The molecule has 0 amide bonds. The zero-order chi connectivity index (χ0) is 15.2. The Balaban J connectivity index is 2.03. The van der Waals surface area contributed by atoms with Crippen molar-refractivity contribution in [2.45, 2.75) is 19.4 Å². The molecule has 5 heteroatoms. The van der Waals surface area contributed by atoms with Crippen molar-refractivity contribution in [3.05, 3.63) is 64.4 Å².